The van der Waals surface area contributed by atoms with Crippen molar-refractivity contribution in [2.45, 2.75) is 18.8 Å². The largest absolute Gasteiger partial charge is 0.508 e. The molecule has 0 saturated heterocycles. The van der Waals surface area contributed by atoms with E-state index in [-0.39, 0.29) is 11.3 Å². The van der Waals surface area contributed by atoms with E-state index in [1.165, 1.54) is 0 Å². The summed E-state index contributed by atoms with van der Waals surface area (Å²) in [6.07, 6.45) is -13.0. The molecule has 22 heavy (non-hydrogen) atoms. The maximum Gasteiger partial charge on any atom is 0.397 e. The standard InChI is InChI=1S/C8H6O5.C3H2F6/c9-4-1-2-5(7(10)11)6(3-4)8(12)13;4-2(5,6)1-3(7,8)9/h1-3,9H,(H,10,11)(H,12,13);1H2. The van der Waals surface area contributed by atoms with E-state index in [1.807, 2.05) is 0 Å². The smallest absolute Gasteiger partial charge is 0.397 e. The van der Waals surface area contributed by atoms with Crippen LogP contribution in [0.1, 0.15) is 27.1 Å². The lowest BCUT2D eigenvalue weighted by Gasteiger charge is -2.08. The number of phenols is 1. The summed E-state index contributed by atoms with van der Waals surface area (Å²) in [5, 5.41) is 26.0. The number of carboxylic acids is 2. The molecule has 1 aromatic rings. The Morgan fingerprint density at radius 2 is 1.27 bits per heavy atom. The Morgan fingerprint density at radius 3 is 1.55 bits per heavy atom. The number of alkyl halides is 6. The first-order valence-electron chi connectivity index (χ1n) is 5.16. The molecule has 0 spiro atoms. The molecule has 1 rings (SSSR count). The molecule has 0 saturated carbocycles. The number of aromatic hydroxyl groups is 1. The minimum absolute atomic E-state index is 0.276. The van der Waals surface area contributed by atoms with E-state index in [2.05, 4.69) is 0 Å². The molecule has 11 heteroatoms. The molecule has 3 N–H and O–H groups in total. The predicted molar refractivity (Wildman–Crippen MR) is 58.8 cm³/mol. The highest BCUT2D eigenvalue weighted by molar-refractivity contribution is 6.01. The molecular formula is C11H8F6O5. The van der Waals surface area contributed by atoms with Crippen LogP contribution in [0.3, 0.4) is 0 Å². The van der Waals surface area contributed by atoms with Gasteiger partial charge < -0.3 is 15.3 Å². The second-order valence-electron chi connectivity index (χ2n) is 3.75. The van der Waals surface area contributed by atoms with Crippen LogP contribution in [0, 0.1) is 0 Å². The van der Waals surface area contributed by atoms with Gasteiger partial charge in [-0.15, -0.1) is 0 Å². The van der Waals surface area contributed by atoms with Crippen molar-refractivity contribution in [1.82, 2.24) is 0 Å². The lowest BCUT2D eigenvalue weighted by molar-refractivity contribution is -0.232. The minimum atomic E-state index is -5.14. The monoisotopic (exact) mass is 334 g/mol. The fourth-order valence-electron chi connectivity index (χ4n) is 1.12. The summed E-state index contributed by atoms with van der Waals surface area (Å²) in [7, 11) is 0. The molecule has 0 fully saturated rings. The van der Waals surface area contributed by atoms with Crippen LogP contribution in [0.4, 0.5) is 26.3 Å². The van der Waals surface area contributed by atoms with Gasteiger partial charge in [-0.2, -0.15) is 26.3 Å². The van der Waals surface area contributed by atoms with Gasteiger partial charge in [0.25, 0.3) is 0 Å². The van der Waals surface area contributed by atoms with E-state index < -0.39 is 36.3 Å². The van der Waals surface area contributed by atoms with Crippen LogP contribution in [0.5, 0.6) is 5.75 Å². The Labute approximate surface area is 118 Å². The predicted octanol–water partition coefficient (Wildman–Crippen LogP) is 3.29. The molecule has 0 bridgehead atoms. The lowest BCUT2D eigenvalue weighted by atomic mass is 10.1. The molecule has 0 radical (unpaired) electrons. The SMILES string of the molecule is FC(F)(F)CC(F)(F)F.O=C(O)c1ccc(O)cc1C(=O)O. The first kappa shape index (κ1) is 19.5. The first-order chi connectivity index (χ1) is 9.73. The lowest BCUT2D eigenvalue weighted by Crippen LogP contribution is -2.20. The third kappa shape index (κ3) is 7.97. The van der Waals surface area contributed by atoms with Gasteiger partial charge in [0.2, 0.25) is 0 Å². The maximum absolute atomic E-state index is 10.8. The Hall–Kier alpha value is -2.46. The fraction of sp³-hybridized carbons (Fsp3) is 0.273. The van der Waals surface area contributed by atoms with Gasteiger partial charge in [-0.25, -0.2) is 9.59 Å². The van der Waals surface area contributed by atoms with E-state index in [1.54, 1.807) is 0 Å². The van der Waals surface area contributed by atoms with Crippen molar-refractivity contribution in [3.8, 4) is 5.75 Å². The van der Waals surface area contributed by atoms with Gasteiger partial charge in [0.1, 0.15) is 12.2 Å². The van der Waals surface area contributed by atoms with Crippen LogP contribution in [-0.4, -0.2) is 39.6 Å². The van der Waals surface area contributed by atoms with Gasteiger partial charge in [0, 0.05) is 0 Å². The third-order valence-corrected chi connectivity index (χ3v) is 1.86. The van der Waals surface area contributed by atoms with Gasteiger partial charge in [-0.05, 0) is 18.2 Å². The summed E-state index contributed by atoms with van der Waals surface area (Å²) in [6, 6.07) is 3.06. The second-order valence-corrected chi connectivity index (χ2v) is 3.75. The van der Waals surface area contributed by atoms with Gasteiger partial charge in [0.15, 0.2) is 0 Å². The average Bonchev–Trinajstić information content (AvgIpc) is 2.23. The Balaban J connectivity index is 0.000000433. The summed E-state index contributed by atoms with van der Waals surface area (Å²) >= 11 is 0. The molecular weight excluding hydrogens is 326 g/mol. The number of hydrogen-bond donors (Lipinski definition) is 3. The van der Waals surface area contributed by atoms with E-state index in [0.717, 1.165) is 18.2 Å². The summed E-state index contributed by atoms with van der Waals surface area (Å²) in [5.41, 5.74) is -0.766. The summed E-state index contributed by atoms with van der Waals surface area (Å²) in [4.78, 5) is 21.0. The normalized spacial score (nSPS) is 11.4. The van der Waals surface area contributed by atoms with E-state index in [4.69, 9.17) is 15.3 Å². The van der Waals surface area contributed by atoms with Crippen molar-refractivity contribution in [3.05, 3.63) is 29.3 Å². The van der Waals surface area contributed by atoms with E-state index >= 15 is 0 Å². The third-order valence-electron chi connectivity index (χ3n) is 1.86. The fourth-order valence-corrected chi connectivity index (χ4v) is 1.12. The molecule has 0 aromatic heterocycles. The molecule has 0 aliphatic rings. The van der Waals surface area contributed by atoms with Gasteiger partial charge in [-0.3, -0.25) is 0 Å². The number of halogens is 6. The van der Waals surface area contributed by atoms with Gasteiger partial charge in [-0.1, -0.05) is 0 Å². The minimum Gasteiger partial charge on any atom is -0.508 e. The summed E-state index contributed by atoms with van der Waals surface area (Å²) < 4.78 is 65.0. The van der Waals surface area contributed by atoms with Crippen molar-refractivity contribution < 1.29 is 51.3 Å². The molecule has 124 valence electrons. The zero-order valence-corrected chi connectivity index (χ0v) is 10.4. The maximum atomic E-state index is 10.8. The van der Waals surface area contributed by atoms with Crippen molar-refractivity contribution in [3.63, 3.8) is 0 Å². The van der Waals surface area contributed by atoms with Crippen LogP contribution in [0.15, 0.2) is 18.2 Å². The zero-order chi connectivity index (χ0) is 17.7. The Kier molecular flexibility index (Phi) is 6.22. The number of aromatic carboxylic acids is 2. The van der Waals surface area contributed by atoms with Gasteiger partial charge >= 0.3 is 24.3 Å². The van der Waals surface area contributed by atoms with E-state index in [9.17, 15) is 35.9 Å². The van der Waals surface area contributed by atoms with E-state index in [0.29, 0.717) is 0 Å². The Bertz CT molecular complexity index is 537. The molecule has 0 heterocycles. The van der Waals surface area contributed by atoms with Crippen LogP contribution in [-0.2, 0) is 0 Å². The van der Waals surface area contributed by atoms with Crippen LogP contribution >= 0.6 is 0 Å². The molecule has 0 amide bonds. The number of hydrogen-bond acceptors (Lipinski definition) is 3. The molecule has 5 nitrogen and oxygen atoms in total. The number of phenolic OH excluding ortho intramolecular Hbond substituents is 1. The van der Waals surface area contributed by atoms with Crippen LogP contribution in [0.2, 0.25) is 0 Å². The van der Waals surface area contributed by atoms with Crippen molar-refractivity contribution in [1.29, 1.82) is 0 Å². The molecule has 0 aliphatic carbocycles. The van der Waals surface area contributed by atoms with Crippen molar-refractivity contribution in [2.24, 2.45) is 0 Å². The highest BCUT2D eigenvalue weighted by atomic mass is 19.4. The van der Waals surface area contributed by atoms with Crippen LogP contribution < -0.4 is 0 Å². The zero-order valence-electron chi connectivity index (χ0n) is 10.4. The highest BCUT2D eigenvalue weighted by Gasteiger charge is 2.43. The van der Waals surface area contributed by atoms with Crippen LogP contribution in [0.25, 0.3) is 0 Å². The molecule has 0 unspecified atom stereocenters. The topological polar surface area (TPSA) is 94.8 Å². The molecule has 1 aromatic carbocycles. The second kappa shape index (κ2) is 7.00. The summed E-state index contributed by atoms with van der Waals surface area (Å²) in [6.45, 7) is 0. The number of carboxylic acid groups (broad SMARTS) is 2. The molecule has 0 aliphatic heterocycles. The molecule has 0 atom stereocenters. The number of rotatable bonds is 2. The first-order valence-corrected chi connectivity index (χ1v) is 5.16. The number of carbonyl (C=O) groups is 2. The number of benzene rings is 1. The summed E-state index contributed by atoms with van der Waals surface area (Å²) in [5.74, 6) is -2.99. The average molecular weight is 334 g/mol. The van der Waals surface area contributed by atoms with Crippen molar-refractivity contribution in [2.75, 3.05) is 0 Å². The highest BCUT2D eigenvalue weighted by Crippen LogP contribution is 2.31. The Morgan fingerprint density at radius 1 is 0.864 bits per heavy atom. The van der Waals surface area contributed by atoms with Crippen molar-refractivity contribution >= 4 is 11.9 Å². The quantitative estimate of drug-likeness (QED) is 0.722. The van der Waals surface area contributed by atoms with Gasteiger partial charge in [0.05, 0.1) is 11.1 Å².